The highest BCUT2D eigenvalue weighted by Crippen LogP contribution is 2.38. The maximum absolute atomic E-state index is 12.1. The van der Waals surface area contributed by atoms with Crippen molar-refractivity contribution in [1.82, 2.24) is 14.9 Å². The Balaban J connectivity index is 2.06. The molecule has 0 aromatic carbocycles. The second-order valence-corrected chi connectivity index (χ2v) is 6.93. The molecule has 1 aliphatic carbocycles. The lowest BCUT2D eigenvalue weighted by atomic mass is 10.0. The van der Waals surface area contributed by atoms with Crippen LogP contribution in [0.2, 0.25) is 0 Å². The molecule has 1 aliphatic rings. The molecule has 1 unspecified atom stereocenters. The number of hydrogen-bond donors (Lipinski definition) is 2. The summed E-state index contributed by atoms with van der Waals surface area (Å²) in [7, 11) is -3.82. The molecule has 6 nitrogen and oxygen atoms in total. The topological polar surface area (TPSA) is 91.9 Å². The number of H-pyrrole nitrogens is 1. The van der Waals surface area contributed by atoms with Crippen LogP contribution in [0.15, 0.2) is 4.90 Å². The van der Waals surface area contributed by atoms with Gasteiger partial charge in [0.25, 0.3) is 10.0 Å². The van der Waals surface area contributed by atoms with E-state index < -0.39 is 15.9 Å². The first-order valence-electron chi connectivity index (χ1n) is 6.38. The molecule has 2 N–H and O–H groups in total. The van der Waals surface area contributed by atoms with E-state index >= 15 is 0 Å². The van der Waals surface area contributed by atoms with Crippen LogP contribution in [-0.4, -0.2) is 24.5 Å². The quantitative estimate of drug-likeness (QED) is 0.852. The summed E-state index contributed by atoms with van der Waals surface area (Å²) in [5.41, 5.74) is 0.807. The van der Waals surface area contributed by atoms with Crippen LogP contribution in [0.25, 0.3) is 0 Å². The van der Waals surface area contributed by atoms with E-state index in [0.717, 1.165) is 12.8 Å². The fourth-order valence-electron chi connectivity index (χ4n) is 2.30. The van der Waals surface area contributed by atoms with Crippen LogP contribution >= 0.6 is 0 Å². The summed E-state index contributed by atoms with van der Waals surface area (Å²) in [6.07, 6.45) is 2.53. The van der Waals surface area contributed by atoms with Gasteiger partial charge in [-0.2, -0.15) is 5.10 Å². The van der Waals surface area contributed by atoms with Gasteiger partial charge in [0.2, 0.25) is 5.91 Å². The fourth-order valence-corrected chi connectivity index (χ4v) is 3.67. The van der Waals surface area contributed by atoms with Crippen molar-refractivity contribution in [3.8, 4) is 0 Å². The molecule has 7 heteroatoms. The smallest absolute Gasteiger partial charge is 0.267 e. The van der Waals surface area contributed by atoms with Crippen LogP contribution in [-0.2, 0) is 14.8 Å². The molecule has 19 heavy (non-hydrogen) atoms. The van der Waals surface area contributed by atoms with Gasteiger partial charge in [-0.25, -0.2) is 13.1 Å². The molecule has 1 heterocycles. The number of nitrogens with zero attached hydrogens (tertiary/aromatic N) is 1. The molecule has 1 amide bonds. The average molecular weight is 285 g/mol. The van der Waals surface area contributed by atoms with Gasteiger partial charge >= 0.3 is 0 Å². The first-order valence-corrected chi connectivity index (χ1v) is 7.87. The number of amides is 1. The molecule has 1 atom stereocenters. The number of carbonyl (C=O) groups is 1. The standard InChI is InChI=1S/C12H19N3O3S/c1-7(10-4-5-10)6-11(16)15-19(17,18)12-8(2)13-14-9(12)3/h7,10H,4-6H2,1-3H3,(H,13,14)(H,15,16). The van der Waals surface area contributed by atoms with E-state index in [9.17, 15) is 13.2 Å². The number of carbonyl (C=O) groups excluding carboxylic acids is 1. The largest absolute Gasteiger partial charge is 0.281 e. The lowest BCUT2D eigenvalue weighted by Gasteiger charge is -2.11. The predicted molar refractivity (Wildman–Crippen MR) is 69.9 cm³/mol. The normalized spacial score (nSPS) is 17.2. The molecule has 0 spiro atoms. The monoisotopic (exact) mass is 285 g/mol. The van der Waals surface area contributed by atoms with Gasteiger partial charge in [-0.15, -0.1) is 0 Å². The number of aryl methyl sites for hydroxylation is 2. The minimum atomic E-state index is -3.82. The number of aromatic nitrogens is 2. The Morgan fingerprint density at radius 3 is 2.58 bits per heavy atom. The van der Waals surface area contributed by atoms with Gasteiger partial charge in [0.15, 0.2) is 0 Å². The van der Waals surface area contributed by atoms with Crippen molar-refractivity contribution in [3.63, 3.8) is 0 Å². The number of hydrogen-bond acceptors (Lipinski definition) is 4. The molecule has 2 rings (SSSR count). The summed E-state index contributed by atoms with van der Waals surface area (Å²) >= 11 is 0. The van der Waals surface area contributed by atoms with Gasteiger partial charge in [0, 0.05) is 6.42 Å². The molecule has 1 aromatic rings. The van der Waals surface area contributed by atoms with Crippen molar-refractivity contribution < 1.29 is 13.2 Å². The summed E-state index contributed by atoms with van der Waals surface area (Å²) < 4.78 is 26.4. The molecule has 106 valence electrons. The van der Waals surface area contributed by atoms with E-state index in [1.807, 2.05) is 6.92 Å². The predicted octanol–water partition coefficient (Wildman–Crippen LogP) is 1.27. The zero-order valence-electron chi connectivity index (χ0n) is 11.4. The van der Waals surface area contributed by atoms with Gasteiger partial charge in [-0.1, -0.05) is 6.92 Å². The van der Waals surface area contributed by atoms with Crippen LogP contribution in [0.5, 0.6) is 0 Å². The number of sulfonamides is 1. The van der Waals surface area contributed by atoms with E-state index in [1.54, 1.807) is 13.8 Å². The summed E-state index contributed by atoms with van der Waals surface area (Å²) in [5, 5.41) is 6.44. The number of nitrogens with one attached hydrogen (secondary N) is 2. The van der Waals surface area contributed by atoms with E-state index in [0.29, 0.717) is 17.3 Å². The fraction of sp³-hybridized carbons (Fsp3) is 0.667. The summed E-state index contributed by atoms with van der Waals surface area (Å²) in [6, 6.07) is 0. The van der Waals surface area contributed by atoms with Gasteiger partial charge in [-0.3, -0.25) is 9.89 Å². The van der Waals surface area contributed by atoms with Crippen molar-refractivity contribution in [1.29, 1.82) is 0 Å². The van der Waals surface area contributed by atoms with Crippen molar-refractivity contribution in [2.45, 2.75) is 44.9 Å². The molecule has 0 saturated heterocycles. The third kappa shape index (κ3) is 3.15. The summed E-state index contributed by atoms with van der Waals surface area (Å²) in [4.78, 5) is 11.9. The van der Waals surface area contributed by atoms with E-state index in [-0.39, 0.29) is 17.2 Å². The van der Waals surface area contributed by atoms with Crippen molar-refractivity contribution in [3.05, 3.63) is 11.4 Å². The lowest BCUT2D eigenvalue weighted by molar-refractivity contribution is -0.120. The molecule has 1 fully saturated rings. The Kier molecular flexibility index (Phi) is 3.66. The first-order chi connectivity index (χ1) is 8.81. The Bertz CT molecular complexity index is 568. The van der Waals surface area contributed by atoms with Crippen molar-refractivity contribution >= 4 is 15.9 Å². The van der Waals surface area contributed by atoms with Crippen LogP contribution < -0.4 is 4.72 Å². The van der Waals surface area contributed by atoms with E-state index in [2.05, 4.69) is 14.9 Å². The van der Waals surface area contributed by atoms with Gasteiger partial charge < -0.3 is 0 Å². The average Bonchev–Trinajstić information content (AvgIpc) is 3.04. The molecule has 0 radical (unpaired) electrons. The van der Waals surface area contributed by atoms with E-state index in [1.165, 1.54) is 0 Å². The third-order valence-electron chi connectivity index (χ3n) is 3.51. The summed E-state index contributed by atoms with van der Waals surface area (Å²) in [5.74, 6) is 0.368. The maximum atomic E-state index is 12.1. The highest BCUT2D eigenvalue weighted by molar-refractivity contribution is 7.90. The minimum Gasteiger partial charge on any atom is -0.281 e. The third-order valence-corrected chi connectivity index (χ3v) is 5.15. The molecule has 1 aromatic heterocycles. The zero-order chi connectivity index (χ0) is 14.2. The van der Waals surface area contributed by atoms with Crippen LogP contribution in [0.3, 0.4) is 0 Å². The molecule has 1 saturated carbocycles. The molecule has 0 aliphatic heterocycles. The lowest BCUT2D eigenvalue weighted by Crippen LogP contribution is -2.32. The Morgan fingerprint density at radius 2 is 2.11 bits per heavy atom. The van der Waals surface area contributed by atoms with E-state index in [4.69, 9.17) is 0 Å². The minimum absolute atomic E-state index is 0.0694. The highest BCUT2D eigenvalue weighted by atomic mass is 32.2. The molecular formula is C12H19N3O3S. The SMILES string of the molecule is Cc1n[nH]c(C)c1S(=O)(=O)NC(=O)CC(C)C1CC1. The second-order valence-electron chi connectivity index (χ2n) is 5.31. The van der Waals surface area contributed by atoms with Crippen LogP contribution in [0, 0.1) is 25.7 Å². The van der Waals surface area contributed by atoms with Crippen LogP contribution in [0.4, 0.5) is 0 Å². The van der Waals surface area contributed by atoms with Gasteiger partial charge in [0.1, 0.15) is 4.90 Å². The maximum Gasteiger partial charge on any atom is 0.267 e. The molecule has 0 bridgehead atoms. The van der Waals surface area contributed by atoms with Crippen molar-refractivity contribution in [2.75, 3.05) is 0 Å². The number of aromatic amines is 1. The highest BCUT2D eigenvalue weighted by Gasteiger charge is 2.31. The van der Waals surface area contributed by atoms with Crippen molar-refractivity contribution in [2.24, 2.45) is 11.8 Å². The summed E-state index contributed by atoms with van der Waals surface area (Å²) in [6.45, 7) is 5.19. The number of rotatable bonds is 5. The Morgan fingerprint density at radius 1 is 1.47 bits per heavy atom. The Hall–Kier alpha value is -1.37. The van der Waals surface area contributed by atoms with Gasteiger partial charge in [0.05, 0.1) is 11.4 Å². The zero-order valence-corrected chi connectivity index (χ0v) is 12.2. The van der Waals surface area contributed by atoms with Gasteiger partial charge in [-0.05, 0) is 38.5 Å². The molecular weight excluding hydrogens is 266 g/mol. The second kappa shape index (κ2) is 4.96. The van der Waals surface area contributed by atoms with Crippen LogP contribution in [0.1, 0.15) is 37.6 Å². The first kappa shape index (κ1) is 14.0. The Labute approximate surface area is 113 Å².